The predicted octanol–water partition coefficient (Wildman–Crippen LogP) is 4.79. The van der Waals surface area contributed by atoms with Crippen LogP contribution in [-0.4, -0.2) is 26.6 Å². The van der Waals surface area contributed by atoms with Gasteiger partial charge in [0.1, 0.15) is 6.04 Å². The van der Waals surface area contributed by atoms with Crippen molar-refractivity contribution in [3.63, 3.8) is 0 Å². The number of benzene rings is 2. The second-order valence-corrected chi connectivity index (χ2v) is 9.09. The molecule has 2 rings (SSSR count). The molecule has 1 N–H and O–H groups in total. The largest absolute Gasteiger partial charge is 0.324 e. The molecule has 0 spiro atoms. The first-order valence-corrected chi connectivity index (χ1v) is 11.0. The van der Waals surface area contributed by atoms with E-state index in [1.807, 2.05) is 26.0 Å². The van der Waals surface area contributed by atoms with Crippen LogP contribution in [0.15, 0.2) is 36.4 Å². The smallest absolute Gasteiger partial charge is 0.248 e. The molecular weight excluding hydrogens is 407 g/mol. The third-order valence-electron chi connectivity index (χ3n) is 4.12. The molecule has 2 aromatic rings. The van der Waals surface area contributed by atoms with E-state index >= 15 is 0 Å². The number of hydrogen-bond acceptors (Lipinski definition) is 3. The van der Waals surface area contributed by atoms with Gasteiger partial charge in [-0.3, -0.25) is 9.10 Å². The molecule has 0 aromatic heterocycles. The van der Waals surface area contributed by atoms with E-state index in [0.717, 1.165) is 21.7 Å². The molecule has 0 saturated heterocycles. The normalized spacial score (nSPS) is 12.5. The molecule has 5 nitrogen and oxygen atoms in total. The summed E-state index contributed by atoms with van der Waals surface area (Å²) in [6.45, 7) is 5.58. The molecule has 1 atom stereocenters. The highest BCUT2D eigenvalue weighted by molar-refractivity contribution is 7.92. The summed E-state index contributed by atoms with van der Waals surface area (Å²) in [6.07, 6.45) is 1.30. The average Bonchev–Trinajstić information content (AvgIpc) is 2.56. The van der Waals surface area contributed by atoms with Gasteiger partial charge >= 0.3 is 0 Å². The lowest BCUT2D eigenvalue weighted by Gasteiger charge is -2.31. The van der Waals surface area contributed by atoms with E-state index in [9.17, 15) is 13.2 Å². The van der Waals surface area contributed by atoms with Crippen molar-refractivity contribution >= 4 is 50.5 Å². The Kier molecular flexibility index (Phi) is 6.78. The van der Waals surface area contributed by atoms with Crippen molar-refractivity contribution in [1.82, 2.24) is 0 Å². The van der Waals surface area contributed by atoms with E-state index in [2.05, 4.69) is 5.32 Å². The zero-order valence-corrected chi connectivity index (χ0v) is 17.9. The maximum absolute atomic E-state index is 12.9. The number of halogens is 2. The van der Waals surface area contributed by atoms with E-state index in [0.29, 0.717) is 10.7 Å². The molecule has 0 fully saturated rings. The van der Waals surface area contributed by atoms with Gasteiger partial charge in [0, 0.05) is 10.7 Å². The number of rotatable bonds is 6. The summed E-state index contributed by atoms with van der Waals surface area (Å²) < 4.78 is 26.0. The van der Waals surface area contributed by atoms with Crippen LogP contribution in [0.3, 0.4) is 0 Å². The van der Waals surface area contributed by atoms with Crippen molar-refractivity contribution < 1.29 is 13.2 Å². The van der Waals surface area contributed by atoms with Crippen LogP contribution in [0.4, 0.5) is 11.4 Å². The number of amides is 1. The minimum absolute atomic E-state index is 0.175. The zero-order chi connectivity index (χ0) is 20.4. The van der Waals surface area contributed by atoms with Gasteiger partial charge in [-0.05, 0) is 50.1 Å². The molecule has 2 aromatic carbocycles. The van der Waals surface area contributed by atoms with Crippen LogP contribution in [0.2, 0.25) is 10.0 Å². The minimum Gasteiger partial charge on any atom is -0.324 e. The van der Waals surface area contributed by atoms with Gasteiger partial charge in [-0.2, -0.15) is 0 Å². The second kappa shape index (κ2) is 8.50. The molecule has 27 heavy (non-hydrogen) atoms. The van der Waals surface area contributed by atoms with Crippen molar-refractivity contribution in [3.05, 3.63) is 57.6 Å². The van der Waals surface area contributed by atoms with Crippen LogP contribution in [0, 0.1) is 13.8 Å². The van der Waals surface area contributed by atoms with Gasteiger partial charge < -0.3 is 5.32 Å². The molecule has 0 bridgehead atoms. The summed E-state index contributed by atoms with van der Waals surface area (Å²) in [5.41, 5.74) is 2.77. The first-order valence-electron chi connectivity index (χ1n) is 8.37. The Balaban J connectivity index is 2.46. The third kappa shape index (κ3) is 5.15. The van der Waals surface area contributed by atoms with Gasteiger partial charge in [-0.1, -0.05) is 47.8 Å². The van der Waals surface area contributed by atoms with E-state index in [1.54, 1.807) is 19.1 Å². The molecule has 0 aliphatic rings. The number of carbonyl (C=O) groups excluding carboxylic acids is 1. The number of aryl methyl sites for hydroxylation is 2. The number of anilines is 2. The molecule has 0 unspecified atom stereocenters. The van der Waals surface area contributed by atoms with Gasteiger partial charge in [0.15, 0.2) is 0 Å². The number of nitrogens with zero attached hydrogens (tertiary/aromatic N) is 1. The summed E-state index contributed by atoms with van der Waals surface area (Å²) in [5.74, 6) is -0.439. The number of nitrogens with one attached hydrogen (secondary N) is 1. The maximum atomic E-state index is 12.9. The molecule has 0 radical (unpaired) electrons. The summed E-state index contributed by atoms with van der Waals surface area (Å²) >= 11 is 12.2. The predicted molar refractivity (Wildman–Crippen MR) is 112 cm³/mol. The monoisotopic (exact) mass is 428 g/mol. The lowest BCUT2D eigenvalue weighted by atomic mass is 10.1. The Hall–Kier alpha value is -1.76. The fraction of sp³-hybridized carbons (Fsp3) is 0.316. The number of hydrogen-bond donors (Lipinski definition) is 1. The van der Waals surface area contributed by atoms with Crippen LogP contribution >= 0.6 is 23.2 Å². The lowest BCUT2D eigenvalue weighted by Crippen LogP contribution is -2.47. The molecule has 1 amide bonds. The maximum Gasteiger partial charge on any atom is 0.248 e. The third-order valence-corrected chi connectivity index (χ3v) is 5.84. The van der Waals surface area contributed by atoms with Crippen LogP contribution in [0.1, 0.15) is 24.5 Å². The summed E-state index contributed by atoms with van der Waals surface area (Å²) in [5, 5.41) is 3.35. The van der Waals surface area contributed by atoms with Gasteiger partial charge in [0.25, 0.3) is 0 Å². The summed E-state index contributed by atoms with van der Waals surface area (Å²) in [7, 11) is -3.79. The second-order valence-electron chi connectivity index (χ2n) is 6.39. The van der Waals surface area contributed by atoms with Crippen molar-refractivity contribution in [2.75, 3.05) is 15.9 Å². The van der Waals surface area contributed by atoms with Crippen LogP contribution in [0.5, 0.6) is 0 Å². The SMILES string of the molecule is CC[C@@H](C(=O)Nc1ccc(C)cc1C)N(c1cc(Cl)ccc1Cl)S(C)(=O)=O. The molecule has 0 saturated carbocycles. The Morgan fingerprint density at radius 3 is 2.37 bits per heavy atom. The van der Waals surface area contributed by atoms with E-state index in [1.165, 1.54) is 12.1 Å². The minimum atomic E-state index is -3.79. The fourth-order valence-corrected chi connectivity index (χ4v) is 4.50. The summed E-state index contributed by atoms with van der Waals surface area (Å²) in [6, 6.07) is 9.16. The molecule has 0 aliphatic carbocycles. The molecular formula is C19H22Cl2N2O3S. The molecule has 8 heteroatoms. The van der Waals surface area contributed by atoms with Gasteiger partial charge in [0.05, 0.1) is 17.0 Å². The average molecular weight is 429 g/mol. The highest BCUT2D eigenvalue weighted by Gasteiger charge is 2.33. The van der Waals surface area contributed by atoms with E-state index in [-0.39, 0.29) is 17.1 Å². The highest BCUT2D eigenvalue weighted by Crippen LogP contribution is 2.33. The topological polar surface area (TPSA) is 66.5 Å². The Morgan fingerprint density at radius 2 is 1.81 bits per heavy atom. The molecule has 146 valence electrons. The van der Waals surface area contributed by atoms with Crippen molar-refractivity contribution in [2.45, 2.75) is 33.2 Å². The lowest BCUT2D eigenvalue weighted by molar-refractivity contribution is -0.117. The van der Waals surface area contributed by atoms with Crippen molar-refractivity contribution in [1.29, 1.82) is 0 Å². The molecule has 0 heterocycles. The Bertz CT molecular complexity index is 961. The molecule has 0 aliphatic heterocycles. The Labute approximate surface area is 170 Å². The van der Waals surface area contributed by atoms with Crippen LogP contribution < -0.4 is 9.62 Å². The van der Waals surface area contributed by atoms with Gasteiger partial charge in [-0.25, -0.2) is 8.42 Å². The van der Waals surface area contributed by atoms with Crippen molar-refractivity contribution in [2.24, 2.45) is 0 Å². The summed E-state index contributed by atoms with van der Waals surface area (Å²) in [4.78, 5) is 12.9. The first-order chi connectivity index (χ1) is 12.5. The first kappa shape index (κ1) is 21.5. The fourth-order valence-electron chi connectivity index (χ4n) is 2.86. The zero-order valence-electron chi connectivity index (χ0n) is 15.6. The van der Waals surface area contributed by atoms with Gasteiger partial charge in [0.2, 0.25) is 15.9 Å². The van der Waals surface area contributed by atoms with E-state index < -0.39 is 22.0 Å². The van der Waals surface area contributed by atoms with Crippen LogP contribution in [-0.2, 0) is 14.8 Å². The Morgan fingerprint density at radius 1 is 1.15 bits per heavy atom. The van der Waals surface area contributed by atoms with E-state index in [4.69, 9.17) is 23.2 Å². The van der Waals surface area contributed by atoms with Crippen LogP contribution in [0.25, 0.3) is 0 Å². The number of carbonyl (C=O) groups is 1. The number of sulfonamides is 1. The van der Waals surface area contributed by atoms with Crippen molar-refractivity contribution in [3.8, 4) is 0 Å². The highest BCUT2D eigenvalue weighted by atomic mass is 35.5. The van der Waals surface area contributed by atoms with Gasteiger partial charge in [-0.15, -0.1) is 0 Å². The quantitative estimate of drug-likeness (QED) is 0.718. The standard InChI is InChI=1S/C19H22Cl2N2O3S/c1-5-17(19(24)22-16-9-6-12(2)10-13(16)3)23(27(4,25)26)18-11-14(20)7-8-15(18)21/h6-11,17H,5H2,1-4H3,(H,22,24)/t17-/m0/s1.